The number of hydrogen-bond acceptors (Lipinski definition) is 6. The third-order valence-electron chi connectivity index (χ3n) is 6.29. The molecule has 0 atom stereocenters. The Labute approximate surface area is 199 Å². The minimum absolute atomic E-state index is 0.322. The van der Waals surface area contributed by atoms with Crippen molar-refractivity contribution < 1.29 is 19.5 Å². The molecule has 0 fully saturated rings. The van der Waals surface area contributed by atoms with E-state index in [4.69, 9.17) is 16.6 Å². The predicted molar refractivity (Wildman–Crippen MR) is 131 cm³/mol. The summed E-state index contributed by atoms with van der Waals surface area (Å²) in [4.78, 5) is 42.8. The molecule has 0 unspecified atom stereocenters. The van der Waals surface area contributed by atoms with E-state index in [9.17, 15) is 14.4 Å². The fourth-order valence-electron chi connectivity index (χ4n) is 4.17. The third-order valence-corrected chi connectivity index (χ3v) is 6.29. The zero-order chi connectivity index (χ0) is 25.0. The molecule has 0 saturated heterocycles. The topological polar surface area (TPSA) is 143 Å². The van der Waals surface area contributed by atoms with Gasteiger partial charge in [-0.1, -0.05) is 6.07 Å². The van der Waals surface area contributed by atoms with Crippen LogP contribution in [0.4, 0.5) is 10.6 Å². The average Bonchev–Trinajstić information content (AvgIpc) is 2.81. The highest BCUT2D eigenvalue weighted by molar-refractivity contribution is 5.95. The van der Waals surface area contributed by atoms with Gasteiger partial charge in [-0.15, -0.1) is 0 Å². The largest absolute Gasteiger partial charge is 0.465 e. The summed E-state index contributed by atoms with van der Waals surface area (Å²) >= 11 is 0. The smallest absolute Gasteiger partial charge is 0.407 e. The molecule has 9 nitrogen and oxygen atoms in total. The van der Waals surface area contributed by atoms with E-state index in [1.807, 2.05) is 24.0 Å². The Bertz CT molecular complexity index is 1150. The first-order chi connectivity index (χ1) is 16.1. The molecule has 2 amide bonds. The number of fused-ring (bicyclic) bond motifs is 1. The third kappa shape index (κ3) is 5.36. The van der Waals surface area contributed by atoms with Crippen LogP contribution in [0.1, 0.15) is 63.4 Å². The number of rotatable bonds is 8. The Morgan fingerprint density at radius 1 is 1.21 bits per heavy atom. The number of hydrogen-bond donors (Lipinski definition) is 3. The Morgan fingerprint density at radius 3 is 2.56 bits per heavy atom. The van der Waals surface area contributed by atoms with E-state index in [1.54, 1.807) is 13.0 Å². The molecule has 0 radical (unpaired) electrons. The minimum Gasteiger partial charge on any atom is -0.465 e. The van der Waals surface area contributed by atoms with Gasteiger partial charge in [-0.3, -0.25) is 9.59 Å². The quantitative estimate of drug-likeness (QED) is 0.509. The fraction of sp³-hybridized carbons (Fsp3) is 0.360. The number of pyridine rings is 1. The lowest BCUT2D eigenvalue weighted by Gasteiger charge is -2.31. The monoisotopic (exact) mass is 465 g/mol. The molecule has 2 aromatic rings. The van der Waals surface area contributed by atoms with Crippen LogP contribution in [0.15, 0.2) is 30.0 Å². The molecule has 1 aliphatic heterocycles. The minimum atomic E-state index is -0.966. The number of primary amides is 1. The van der Waals surface area contributed by atoms with E-state index in [0.29, 0.717) is 67.2 Å². The van der Waals surface area contributed by atoms with Crippen molar-refractivity contribution >= 4 is 29.7 Å². The number of carbonyl (C=O) groups is 3. The number of nitrogens with zero attached hydrogens (tertiary/aromatic N) is 3. The van der Waals surface area contributed by atoms with Crippen molar-refractivity contribution in [3.63, 3.8) is 0 Å². The summed E-state index contributed by atoms with van der Waals surface area (Å²) in [5, 5.41) is 9.00. The average molecular weight is 466 g/mol. The Kier molecular flexibility index (Phi) is 7.55. The SMILES string of the molecule is C/C(N)=C(/C)c1ccc(N2CCc3cc(CCCN(C)C(=O)O)cc(C(N)=O)c3C2)nc1C=O. The first-order valence-electron chi connectivity index (χ1n) is 11.1. The molecule has 0 aliphatic carbocycles. The number of anilines is 1. The normalized spacial score (nSPS) is 13.7. The van der Waals surface area contributed by atoms with Crippen LogP contribution in [-0.4, -0.2) is 53.4 Å². The molecule has 2 heterocycles. The van der Waals surface area contributed by atoms with Gasteiger partial charge in [0.2, 0.25) is 5.91 Å². The standard InChI is InChI=1S/C25H31N5O4/c1-15(16(2)26)19-6-7-23(28-22(19)14-31)30-10-8-18-11-17(5-4-9-29(3)25(33)34)12-20(24(27)32)21(18)13-30/h6-7,11-12,14H,4-5,8-10,13,26H2,1-3H3,(H2,27,32)(H,33,34)/b16-15+. The summed E-state index contributed by atoms with van der Waals surface area (Å²) in [6.45, 7) is 5.16. The second-order valence-corrected chi connectivity index (χ2v) is 8.65. The number of aldehydes is 1. The molecule has 180 valence electrons. The van der Waals surface area contributed by atoms with Gasteiger partial charge in [0.25, 0.3) is 0 Å². The molecule has 1 aliphatic rings. The van der Waals surface area contributed by atoms with Crippen molar-refractivity contribution in [1.82, 2.24) is 9.88 Å². The van der Waals surface area contributed by atoms with Crippen LogP contribution in [-0.2, 0) is 19.4 Å². The van der Waals surface area contributed by atoms with Gasteiger partial charge in [-0.05, 0) is 73.6 Å². The first-order valence-corrected chi connectivity index (χ1v) is 11.1. The van der Waals surface area contributed by atoms with Gasteiger partial charge in [0.15, 0.2) is 6.29 Å². The van der Waals surface area contributed by atoms with Crippen LogP contribution in [0.25, 0.3) is 5.57 Å². The summed E-state index contributed by atoms with van der Waals surface area (Å²) in [6.07, 6.45) is 1.75. The summed E-state index contributed by atoms with van der Waals surface area (Å²) in [7, 11) is 1.53. The number of aryl methyl sites for hydroxylation is 1. The Balaban J connectivity index is 1.86. The number of carboxylic acid groups (broad SMARTS) is 1. The van der Waals surface area contributed by atoms with Crippen LogP contribution in [0.3, 0.4) is 0 Å². The van der Waals surface area contributed by atoms with Gasteiger partial charge in [0.05, 0.1) is 0 Å². The van der Waals surface area contributed by atoms with Gasteiger partial charge in [0, 0.05) is 43.5 Å². The van der Waals surface area contributed by atoms with Crippen molar-refractivity contribution in [1.29, 1.82) is 0 Å². The van der Waals surface area contributed by atoms with Crippen LogP contribution >= 0.6 is 0 Å². The van der Waals surface area contributed by atoms with Gasteiger partial charge in [-0.2, -0.15) is 0 Å². The fourth-order valence-corrected chi connectivity index (χ4v) is 4.17. The van der Waals surface area contributed by atoms with Crippen molar-refractivity contribution in [2.75, 3.05) is 25.0 Å². The molecule has 1 aromatic heterocycles. The highest BCUT2D eigenvalue weighted by Gasteiger charge is 2.24. The van der Waals surface area contributed by atoms with E-state index < -0.39 is 12.0 Å². The van der Waals surface area contributed by atoms with Crippen molar-refractivity contribution in [2.45, 2.75) is 39.7 Å². The maximum absolute atomic E-state index is 12.3. The molecule has 3 rings (SSSR count). The summed E-state index contributed by atoms with van der Waals surface area (Å²) in [5.74, 6) is 0.147. The predicted octanol–water partition coefficient (Wildman–Crippen LogP) is 2.81. The van der Waals surface area contributed by atoms with E-state index in [0.717, 1.165) is 28.5 Å². The molecule has 0 spiro atoms. The number of aromatic nitrogens is 1. The van der Waals surface area contributed by atoms with E-state index >= 15 is 0 Å². The molecule has 0 bridgehead atoms. The molecule has 34 heavy (non-hydrogen) atoms. The number of allylic oxidation sites excluding steroid dienone is 2. The van der Waals surface area contributed by atoms with Gasteiger partial charge in [-0.25, -0.2) is 9.78 Å². The maximum atomic E-state index is 12.3. The lowest BCUT2D eigenvalue weighted by atomic mass is 9.90. The zero-order valence-electron chi connectivity index (χ0n) is 19.8. The summed E-state index contributed by atoms with van der Waals surface area (Å²) in [6, 6.07) is 7.58. The van der Waals surface area contributed by atoms with Crippen molar-refractivity contribution in [3.05, 3.63) is 63.5 Å². The van der Waals surface area contributed by atoms with Crippen LogP contribution in [0.2, 0.25) is 0 Å². The number of nitrogens with two attached hydrogens (primary N) is 2. The van der Waals surface area contributed by atoms with E-state index in [-0.39, 0.29) is 0 Å². The van der Waals surface area contributed by atoms with Gasteiger partial charge in [0.1, 0.15) is 11.5 Å². The Morgan fingerprint density at radius 2 is 1.94 bits per heavy atom. The van der Waals surface area contributed by atoms with Crippen molar-refractivity contribution in [2.24, 2.45) is 11.5 Å². The van der Waals surface area contributed by atoms with Crippen LogP contribution in [0.5, 0.6) is 0 Å². The molecule has 9 heteroatoms. The molecule has 0 saturated carbocycles. The second kappa shape index (κ2) is 10.4. The molecule has 1 aromatic carbocycles. The molecular weight excluding hydrogens is 434 g/mol. The summed E-state index contributed by atoms with van der Waals surface area (Å²) < 4.78 is 0. The maximum Gasteiger partial charge on any atom is 0.407 e. The highest BCUT2D eigenvalue weighted by atomic mass is 16.4. The highest BCUT2D eigenvalue weighted by Crippen LogP contribution is 2.29. The van der Waals surface area contributed by atoms with E-state index in [1.165, 1.54) is 11.9 Å². The molecular formula is C25H31N5O4. The van der Waals surface area contributed by atoms with Crippen LogP contribution in [0, 0.1) is 0 Å². The number of carbonyl (C=O) groups excluding carboxylic acids is 2. The van der Waals surface area contributed by atoms with E-state index in [2.05, 4.69) is 11.1 Å². The lowest BCUT2D eigenvalue weighted by molar-refractivity contribution is 0.0998. The second-order valence-electron chi connectivity index (χ2n) is 8.65. The number of amides is 2. The molecule has 5 N–H and O–H groups in total. The zero-order valence-corrected chi connectivity index (χ0v) is 19.8. The van der Waals surface area contributed by atoms with Crippen LogP contribution < -0.4 is 16.4 Å². The summed E-state index contributed by atoms with van der Waals surface area (Å²) in [5.41, 5.74) is 17.4. The number of benzene rings is 1. The first kappa shape index (κ1) is 24.8. The van der Waals surface area contributed by atoms with Gasteiger partial charge < -0.3 is 26.4 Å². The van der Waals surface area contributed by atoms with Gasteiger partial charge >= 0.3 is 6.09 Å². The van der Waals surface area contributed by atoms with Crippen molar-refractivity contribution in [3.8, 4) is 0 Å². The Hall–Kier alpha value is -3.88. The lowest BCUT2D eigenvalue weighted by Crippen LogP contribution is -2.33.